The first-order valence-corrected chi connectivity index (χ1v) is 12.6. The lowest BCUT2D eigenvalue weighted by Gasteiger charge is -2.17. The van der Waals surface area contributed by atoms with Crippen LogP contribution < -0.4 is 14.8 Å². The molecule has 1 heterocycles. The van der Waals surface area contributed by atoms with Crippen LogP contribution in [0.2, 0.25) is 0 Å². The van der Waals surface area contributed by atoms with Gasteiger partial charge in [-0.1, -0.05) is 78.0 Å². The van der Waals surface area contributed by atoms with Crippen molar-refractivity contribution in [3.63, 3.8) is 0 Å². The lowest BCUT2D eigenvalue weighted by molar-refractivity contribution is 0.0947. The molecule has 0 saturated carbocycles. The van der Waals surface area contributed by atoms with E-state index in [2.05, 4.69) is 10.5 Å². The van der Waals surface area contributed by atoms with Crippen LogP contribution >= 0.6 is 0 Å². The third kappa shape index (κ3) is 6.33. The van der Waals surface area contributed by atoms with Gasteiger partial charge in [0.15, 0.2) is 11.5 Å². The molecule has 0 aliphatic rings. The van der Waals surface area contributed by atoms with E-state index in [4.69, 9.17) is 14.0 Å². The van der Waals surface area contributed by atoms with Gasteiger partial charge in [-0.15, -0.1) is 0 Å². The minimum Gasteiger partial charge on any atom is -0.488 e. The van der Waals surface area contributed by atoms with E-state index in [1.165, 1.54) is 12.1 Å². The van der Waals surface area contributed by atoms with Gasteiger partial charge >= 0.3 is 0 Å². The molecule has 0 atom stereocenters. The Bertz CT molecular complexity index is 1530. The van der Waals surface area contributed by atoms with Crippen LogP contribution in [-0.2, 0) is 13.2 Å². The fourth-order valence-corrected chi connectivity index (χ4v) is 4.08. The molecule has 0 spiro atoms. The fourth-order valence-electron chi connectivity index (χ4n) is 4.08. The van der Waals surface area contributed by atoms with Crippen LogP contribution in [0.4, 0.5) is 4.39 Å². The first-order chi connectivity index (χ1) is 19.1. The van der Waals surface area contributed by atoms with E-state index in [-0.39, 0.29) is 17.4 Å². The molecule has 0 saturated heterocycles. The highest BCUT2D eigenvalue weighted by Gasteiger charge is 2.21. The summed E-state index contributed by atoms with van der Waals surface area (Å²) in [5.41, 5.74) is 4.19. The zero-order chi connectivity index (χ0) is 27.0. The number of halogens is 1. The molecular formula is C32H27FN2O4. The molecule has 39 heavy (non-hydrogen) atoms. The van der Waals surface area contributed by atoms with E-state index in [9.17, 15) is 9.18 Å². The van der Waals surface area contributed by atoms with Gasteiger partial charge in [-0.25, -0.2) is 4.39 Å². The largest absolute Gasteiger partial charge is 0.488 e. The van der Waals surface area contributed by atoms with Crippen LogP contribution in [0.3, 0.4) is 0 Å². The summed E-state index contributed by atoms with van der Waals surface area (Å²) in [5, 5.41) is 6.68. The first-order valence-electron chi connectivity index (χ1n) is 12.6. The molecule has 5 rings (SSSR count). The molecule has 1 aromatic heterocycles. The maximum Gasteiger partial charge on any atom is 0.273 e. The number of aromatic nitrogens is 1. The first kappa shape index (κ1) is 25.7. The fraction of sp³-hybridized carbons (Fsp3) is 0.125. The predicted molar refractivity (Wildman–Crippen MR) is 147 cm³/mol. The normalized spacial score (nSPS) is 10.7. The van der Waals surface area contributed by atoms with Crippen LogP contribution in [0, 0.1) is 5.82 Å². The number of carbonyl (C=O) groups is 1. The van der Waals surface area contributed by atoms with E-state index >= 15 is 0 Å². The summed E-state index contributed by atoms with van der Waals surface area (Å²) in [7, 11) is 0. The number of amides is 1. The second kappa shape index (κ2) is 12.1. The van der Waals surface area contributed by atoms with E-state index < -0.39 is 0 Å². The van der Waals surface area contributed by atoms with Crippen LogP contribution in [-0.4, -0.2) is 17.6 Å². The molecule has 0 aliphatic heterocycles. The van der Waals surface area contributed by atoms with Crippen LogP contribution in [0.15, 0.2) is 108 Å². The Morgan fingerprint density at radius 2 is 1.38 bits per heavy atom. The molecule has 0 unspecified atom stereocenters. The highest BCUT2D eigenvalue weighted by molar-refractivity contribution is 5.93. The quantitative estimate of drug-likeness (QED) is 0.213. The van der Waals surface area contributed by atoms with Crippen LogP contribution in [0.5, 0.6) is 11.5 Å². The van der Waals surface area contributed by atoms with Crippen molar-refractivity contribution in [2.24, 2.45) is 0 Å². The predicted octanol–water partition coefficient (Wildman–Crippen LogP) is 7.06. The minimum absolute atomic E-state index is 0.161. The lowest BCUT2D eigenvalue weighted by atomic mass is 9.99. The third-order valence-electron chi connectivity index (χ3n) is 6.06. The Morgan fingerprint density at radius 3 is 1.97 bits per heavy atom. The maximum absolute atomic E-state index is 13.8. The van der Waals surface area contributed by atoms with Crippen molar-refractivity contribution < 1.29 is 23.2 Å². The Hall–Kier alpha value is -4.91. The molecule has 196 valence electrons. The number of benzene rings is 4. The molecule has 1 amide bonds. The average molecular weight is 523 g/mol. The second-order valence-electron chi connectivity index (χ2n) is 8.84. The number of rotatable bonds is 10. The average Bonchev–Trinajstić information content (AvgIpc) is 3.47. The second-order valence-corrected chi connectivity index (χ2v) is 8.84. The summed E-state index contributed by atoms with van der Waals surface area (Å²) >= 11 is 0. The third-order valence-corrected chi connectivity index (χ3v) is 6.06. The van der Waals surface area contributed by atoms with Crippen molar-refractivity contribution in [2.75, 3.05) is 6.54 Å². The molecule has 6 nitrogen and oxygen atoms in total. The monoisotopic (exact) mass is 522 g/mol. The number of nitrogens with zero attached hydrogens (tertiary/aromatic N) is 1. The summed E-state index contributed by atoms with van der Waals surface area (Å²) in [6.45, 7) is 2.93. The zero-order valence-corrected chi connectivity index (χ0v) is 21.4. The van der Waals surface area contributed by atoms with Crippen LogP contribution in [0.25, 0.3) is 22.5 Å². The SMILES string of the molecule is CCNC(=O)c1cc(-c2cc(-c3ccc(F)cc3)c(OCc3ccccc3)cc2OCc2ccccc2)on1. The summed E-state index contributed by atoms with van der Waals surface area (Å²) < 4.78 is 31.9. The highest BCUT2D eigenvalue weighted by atomic mass is 19.1. The van der Waals surface area contributed by atoms with Crippen molar-refractivity contribution >= 4 is 5.91 Å². The van der Waals surface area contributed by atoms with Gasteiger partial charge in [0.2, 0.25) is 0 Å². The van der Waals surface area contributed by atoms with Gasteiger partial charge in [0, 0.05) is 24.2 Å². The van der Waals surface area contributed by atoms with Gasteiger partial charge in [-0.05, 0) is 41.8 Å². The van der Waals surface area contributed by atoms with E-state index in [1.54, 1.807) is 24.3 Å². The standard InChI is InChI=1S/C32H27FN2O4/c1-2-34-32(36)28-18-31(39-35-28)27-17-26(24-13-15-25(33)16-14-24)29(37-20-22-9-5-3-6-10-22)19-30(27)38-21-23-11-7-4-8-12-23/h3-19H,2,20-21H2,1H3,(H,34,36). The van der Waals surface area contributed by atoms with Crippen molar-refractivity contribution in [3.8, 4) is 33.9 Å². The molecule has 0 aliphatic carbocycles. The number of hydrogen-bond donors (Lipinski definition) is 1. The van der Waals surface area contributed by atoms with Crippen molar-refractivity contribution in [2.45, 2.75) is 20.1 Å². The topological polar surface area (TPSA) is 73.6 Å². The Morgan fingerprint density at radius 1 is 0.795 bits per heavy atom. The van der Waals surface area contributed by atoms with E-state index in [1.807, 2.05) is 73.7 Å². The molecule has 4 aromatic carbocycles. The Kier molecular flexibility index (Phi) is 7.98. The summed E-state index contributed by atoms with van der Waals surface area (Å²) in [5.74, 6) is 0.737. The van der Waals surface area contributed by atoms with E-state index in [0.717, 1.165) is 16.7 Å². The van der Waals surface area contributed by atoms with Crippen molar-refractivity contribution in [1.29, 1.82) is 0 Å². The Balaban J connectivity index is 1.59. The summed E-state index contributed by atoms with van der Waals surface area (Å²) in [6, 6.07) is 31.0. The number of nitrogens with one attached hydrogen (secondary N) is 1. The van der Waals surface area contributed by atoms with Gasteiger partial charge in [0.1, 0.15) is 30.5 Å². The van der Waals surface area contributed by atoms with Crippen molar-refractivity contribution in [3.05, 3.63) is 126 Å². The van der Waals surface area contributed by atoms with Gasteiger partial charge in [0.05, 0.1) is 5.56 Å². The Labute approximate surface area is 226 Å². The van der Waals surface area contributed by atoms with Gasteiger partial charge in [-0.2, -0.15) is 0 Å². The smallest absolute Gasteiger partial charge is 0.273 e. The molecule has 0 fully saturated rings. The molecule has 7 heteroatoms. The number of carbonyl (C=O) groups excluding carboxylic acids is 1. The molecular weight excluding hydrogens is 495 g/mol. The highest BCUT2D eigenvalue weighted by Crippen LogP contribution is 2.42. The molecule has 1 N–H and O–H groups in total. The molecule has 0 bridgehead atoms. The van der Waals surface area contributed by atoms with Crippen LogP contribution in [0.1, 0.15) is 28.5 Å². The zero-order valence-electron chi connectivity index (χ0n) is 21.4. The lowest BCUT2D eigenvalue weighted by Crippen LogP contribution is -2.22. The van der Waals surface area contributed by atoms with Gasteiger partial charge < -0.3 is 19.3 Å². The van der Waals surface area contributed by atoms with Gasteiger partial charge in [0.25, 0.3) is 5.91 Å². The van der Waals surface area contributed by atoms with E-state index in [0.29, 0.717) is 48.1 Å². The number of ether oxygens (including phenoxy) is 2. The molecule has 5 aromatic rings. The summed E-state index contributed by atoms with van der Waals surface area (Å²) in [4.78, 5) is 12.4. The number of hydrogen-bond acceptors (Lipinski definition) is 5. The van der Waals surface area contributed by atoms with Crippen molar-refractivity contribution in [1.82, 2.24) is 10.5 Å². The maximum atomic E-state index is 13.8. The minimum atomic E-state index is -0.338. The van der Waals surface area contributed by atoms with Gasteiger partial charge in [-0.3, -0.25) is 4.79 Å². The summed E-state index contributed by atoms with van der Waals surface area (Å²) in [6.07, 6.45) is 0. The molecule has 0 radical (unpaired) electrons.